The zero-order valence-corrected chi connectivity index (χ0v) is 8.25. The van der Waals surface area contributed by atoms with E-state index in [-0.39, 0.29) is 0 Å². The Morgan fingerprint density at radius 3 is 2.58 bits per heavy atom. The highest BCUT2D eigenvalue weighted by atomic mass is 16.4. The predicted octanol–water partition coefficient (Wildman–Crippen LogP) is 2.91. The zero-order chi connectivity index (χ0) is 9.14. The van der Waals surface area contributed by atoms with Gasteiger partial charge in [0, 0.05) is 5.92 Å². The molecule has 0 aromatic rings. The van der Waals surface area contributed by atoms with Crippen molar-refractivity contribution in [3.8, 4) is 0 Å². The lowest BCUT2D eigenvalue weighted by Gasteiger charge is -2.29. The van der Waals surface area contributed by atoms with E-state index in [1.807, 2.05) is 0 Å². The van der Waals surface area contributed by atoms with Crippen molar-refractivity contribution in [3.05, 3.63) is 0 Å². The number of nitrogens with zero attached hydrogens (tertiary/aromatic N) is 1. The summed E-state index contributed by atoms with van der Waals surface area (Å²) in [5.41, 5.74) is 1.02. The standard InChI is InChI=1S/C10H19NO/c1-7(2)9-5-4-8(3)6-10(9)11-12/h7-9,12H,4-6H2,1-3H3/b11-10+/t8-,9+/m1/s1. The Morgan fingerprint density at radius 1 is 1.42 bits per heavy atom. The molecule has 0 aliphatic heterocycles. The molecule has 1 fully saturated rings. The van der Waals surface area contributed by atoms with Crippen LogP contribution in [0.3, 0.4) is 0 Å². The lowest BCUT2D eigenvalue weighted by Crippen LogP contribution is -2.27. The van der Waals surface area contributed by atoms with E-state index in [1.54, 1.807) is 0 Å². The summed E-state index contributed by atoms with van der Waals surface area (Å²) in [4.78, 5) is 0. The molecule has 1 N–H and O–H groups in total. The molecule has 0 bridgehead atoms. The summed E-state index contributed by atoms with van der Waals surface area (Å²) >= 11 is 0. The molecule has 2 heteroatoms. The van der Waals surface area contributed by atoms with Crippen molar-refractivity contribution in [2.75, 3.05) is 0 Å². The molecule has 0 heterocycles. The van der Waals surface area contributed by atoms with Crippen LogP contribution in [0.15, 0.2) is 5.16 Å². The van der Waals surface area contributed by atoms with E-state index in [0.29, 0.717) is 17.8 Å². The molecule has 0 amide bonds. The van der Waals surface area contributed by atoms with E-state index in [2.05, 4.69) is 25.9 Å². The minimum atomic E-state index is 0.520. The highest BCUT2D eigenvalue weighted by Crippen LogP contribution is 2.30. The first-order chi connectivity index (χ1) is 5.65. The Morgan fingerprint density at radius 2 is 2.08 bits per heavy atom. The summed E-state index contributed by atoms with van der Waals surface area (Å²) in [6.45, 7) is 6.62. The van der Waals surface area contributed by atoms with Crippen LogP contribution in [-0.2, 0) is 0 Å². The number of hydrogen-bond acceptors (Lipinski definition) is 2. The molecule has 1 saturated carbocycles. The molecule has 0 unspecified atom stereocenters. The summed E-state index contributed by atoms with van der Waals surface area (Å²) in [6, 6.07) is 0. The molecule has 2 nitrogen and oxygen atoms in total. The van der Waals surface area contributed by atoms with E-state index < -0.39 is 0 Å². The van der Waals surface area contributed by atoms with Gasteiger partial charge in [-0.15, -0.1) is 0 Å². The van der Waals surface area contributed by atoms with E-state index >= 15 is 0 Å². The van der Waals surface area contributed by atoms with Crippen LogP contribution in [0.2, 0.25) is 0 Å². The first-order valence-corrected chi connectivity index (χ1v) is 4.86. The van der Waals surface area contributed by atoms with Crippen molar-refractivity contribution in [2.45, 2.75) is 40.0 Å². The van der Waals surface area contributed by atoms with Gasteiger partial charge in [0.25, 0.3) is 0 Å². The van der Waals surface area contributed by atoms with Gasteiger partial charge in [0.15, 0.2) is 0 Å². The SMILES string of the molecule is CC(C)[C@@H]1CC[C@@H](C)C/C1=N\O. The molecule has 2 atom stereocenters. The second-order valence-electron chi connectivity index (χ2n) is 4.33. The fourth-order valence-electron chi connectivity index (χ4n) is 2.07. The Labute approximate surface area is 74.7 Å². The molecule has 70 valence electrons. The number of hydrogen-bond donors (Lipinski definition) is 1. The molecule has 0 radical (unpaired) electrons. The average molecular weight is 169 g/mol. The second kappa shape index (κ2) is 3.92. The smallest absolute Gasteiger partial charge is 0.0606 e. The van der Waals surface area contributed by atoms with Crippen LogP contribution in [0.5, 0.6) is 0 Å². The maximum atomic E-state index is 8.82. The van der Waals surface area contributed by atoms with Crippen LogP contribution in [-0.4, -0.2) is 10.9 Å². The summed E-state index contributed by atoms with van der Waals surface area (Å²) in [5, 5.41) is 12.2. The summed E-state index contributed by atoms with van der Waals surface area (Å²) < 4.78 is 0. The van der Waals surface area contributed by atoms with E-state index in [9.17, 15) is 0 Å². The third-order valence-corrected chi connectivity index (χ3v) is 2.89. The Hall–Kier alpha value is -0.530. The normalized spacial score (nSPS) is 34.5. The number of oxime groups is 1. The minimum absolute atomic E-state index is 0.520. The van der Waals surface area contributed by atoms with E-state index in [4.69, 9.17) is 5.21 Å². The molecule has 0 spiro atoms. The second-order valence-corrected chi connectivity index (χ2v) is 4.33. The molecule has 12 heavy (non-hydrogen) atoms. The molecule has 0 saturated heterocycles. The van der Waals surface area contributed by atoms with Crippen LogP contribution < -0.4 is 0 Å². The predicted molar refractivity (Wildman–Crippen MR) is 50.6 cm³/mol. The van der Waals surface area contributed by atoms with E-state index in [1.165, 1.54) is 12.8 Å². The Bertz CT molecular complexity index is 175. The number of rotatable bonds is 1. The van der Waals surface area contributed by atoms with Gasteiger partial charge in [0.1, 0.15) is 0 Å². The molecule has 1 aliphatic rings. The summed E-state index contributed by atoms with van der Waals surface area (Å²) in [7, 11) is 0. The van der Waals surface area contributed by atoms with Crippen LogP contribution in [0, 0.1) is 17.8 Å². The van der Waals surface area contributed by atoms with Crippen molar-refractivity contribution in [2.24, 2.45) is 22.9 Å². The van der Waals surface area contributed by atoms with Gasteiger partial charge in [-0.05, 0) is 31.1 Å². The maximum Gasteiger partial charge on any atom is 0.0606 e. The van der Waals surface area contributed by atoms with Gasteiger partial charge in [-0.25, -0.2) is 0 Å². The van der Waals surface area contributed by atoms with Crippen molar-refractivity contribution in [1.29, 1.82) is 0 Å². The molecular formula is C10H19NO. The minimum Gasteiger partial charge on any atom is -0.411 e. The van der Waals surface area contributed by atoms with Crippen molar-refractivity contribution in [3.63, 3.8) is 0 Å². The first-order valence-electron chi connectivity index (χ1n) is 4.86. The van der Waals surface area contributed by atoms with Crippen molar-refractivity contribution in [1.82, 2.24) is 0 Å². The molecule has 1 rings (SSSR count). The Kier molecular flexibility index (Phi) is 3.12. The zero-order valence-electron chi connectivity index (χ0n) is 8.25. The quantitative estimate of drug-likeness (QED) is 0.475. The van der Waals surface area contributed by atoms with Gasteiger partial charge in [0.2, 0.25) is 0 Å². The van der Waals surface area contributed by atoms with Crippen LogP contribution in [0.4, 0.5) is 0 Å². The Balaban J connectivity index is 2.63. The highest BCUT2D eigenvalue weighted by molar-refractivity contribution is 5.87. The van der Waals surface area contributed by atoms with Crippen molar-refractivity contribution < 1.29 is 5.21 Å². The van der Waals surface area contributed by atoms with Crippen LogP contribution in [0.1, 0.15) is 40.0 Å². The monoisotopic (exact) mass is 169 g/mol. The molecule has 1 aliphatic carbocycles. The maximum absolute atomic E-state index is 8.82. The third kappa shape index (κ3) is 1.99. The van der Waals surface area contributed by atoms with Gasteiger partial charge < -0.3 is 5.21 Å². The van der Waals surface area contributed by atoms with Crippen LogP contribution >= 0.6 is 0 Å². The fourth-order valence-corrected chi connectivity index (χ4v) is 2.07. The fraction of sp³-hybridized carbons (Fsp3) is 0.900. The molecule has 0 aromatic heterocycles. The van der Waals surface area contributed by atoms with Crippen LogP contribution in [0.25, 0.3) is 0 Å². The average Bonchev–Trinajstić information content (AvgIpc) is 2.03. The van der Waals surface area contributed by atoms with Gasteiger partial charge in [-0.3, -0.25) is 0 Å². The third-order valence-electron chi connectivity index (χ3n) is 2.89. The largest absolute Gasteiger partial charge is 0.411 e. The summed E-state index contributed by atoms with van der Waals surface area (Å²) in [6.07, 6.45) is 3.46. The molecule has 0 aromatic carbocycles. The topological polar surface area (TPSA) is 32.6 Å². The molecular weight excluding hydrogens is 150 g/mol. The van der Waals surface area contributed by atoms with Crippen molar-refractivity contribution >= 4 is 5.71 Å². The van der Waals surface area contributed by atoms with E-state index in [0.717, 1.165) is 12.1 Å². The van der Waals surface area contributed by atoms with Gasteiger partial charge in [-0.2, -0.15) is 0 Å². The lowest BCUT2D eigenvalue weighted by molar-refractivity contribution is 0.291. The van der Waals surface area contributed by atoms with Gasteiger partial charge in [0.05, 0.1) is 5.71 Å². The van der Waals surface area contributed by atoms with Gasteiger partial charge >= 0.3 is 0 Å². The highest BCUT2D eigenvalue weighted by Gasteiger charge is 2.27. The summed E-state index contributed by atoms with van der Waals surface area (Å²) in [5.74, 6) is 1.83. The lowest BCUT2D eigenvalue weighted by atomic mass is 9.76. The first kappa shape index (κ1) is 9.56. The van der Waals surface area contributed by atoms with Gasteiger partial charge in [-0.1, -0.05) is 25.9 Å².